The molecule has 15 heavy (non-hydrogen) atoms. The lowest BCUT2D eigenvalue weighted by atomic mass is 10.3. The van der Waals surface area contributed by atoms with Gasteiger partial charge in [0.1, 0.15) is 5.82 Å². The Labute approximate surface area is 89.0 Å². The highest BCUT2D eigenvalue weighted by Crippen LogP contribution is 2.17. The minimum atomic E-state index is 0.844. The van der Waals surface area contributed by atoms with Crippen LogP contribution in [-0.4, -0.2) is 14.8 Å². The van der Waals surface area contributed by atoms with Crippen molar-refractivity contribution in [3.8, 4) is 0 Å². The van der Waals surface area contributed by atoms with Crippen LogP contribution in [0.4, 0.5) is 11.5 Å². The van der Waals surface area contributed by atoms with Crippen LogP contribution >= 0.6 is 0 Å². The van der Waals surface area contributed by atoms with E-state index in [-0.39, 0.29) is 0 Å². The summed E-state index contributed by atoms with van der Waals surface area (Å²) in [5, 5.41) is 7.48. The van der Waals surface area contributed by atoms with Crippen molar-refractivity contribution in [3.63, 3.8) is 0 Å². The van der Waals surface area contributed by atoms with E-state index in [1.165, 1.54) is 0 Å². The van der Waals surface area contributed by atoms with Gasteiger partial charge < -0.3 is 5.32 Å². The normalized spacial score (nSPS) is 10.3. The van der Waals surface area contributed by atoms with Crippen LogP contribution in [-0.2, 0) is 7.05 Å². The molecule has 4 heteroatoms. The zero-order chi connectivity index (χ0) is 10.8. The maximum Gasteiger partial charge on any atom is 0.130 e. The van der Waals surface area contributed by atoms with Crippen LogP contribution < -0.4 is 5.32 Å². The summed E-state index contributed by atoms with van der Waals surface area (Å²) in [6.45, 7) is 3.99. The number of anilines is 2. The highest BCUT2D eigenvalue weighted by molar-refractivity contribution is 5.57. The lowest BCUT2D eigenvalue weighted by Gasteiger charge is -2.03. The Kier molecular flexibility index (Phi) is 2.41. The molecule has 0 aliphatic carbocycles. The molecule has 0 aliphatic heterocycles. The van der Waals surface area contributed by atoms with E-state index < -0.39 is 0 Å². The first kappa shape index (κ1) is 9.71. The maximum absolute atomic E-state index is 4.28. The van der Waals surface area contributed by atoms with Gasteiger partial charge in [-0.25, -0.2) is 4.98 Å². The number of nitrogens with one attached hydrogen (secondary N) is 1. The zero-order valence-corrected chi connectivity index (χ0v) is 9.15. The van der Waals surface area contributed by atoms with Crippen LogP contribution in [0, 0.1) is 13.8 Å². The van der Waals surface area contributed by atoms with Crippen molar-refractivity contribution < 1.29 is 0 Å². The summed E-state index contributed by atoms with van der Waals surface area (Å²) in [4.78, 5) is 4.28. The van der Waals surface area contributed by atoms with Crippen molar-refractivity contribution in [3.05, 3.63) is 35.8 Å². The van der Waals surface area contributed by atoms with E-state index in [0.29, 0.717) is 0 Å². The molecule has 0 saturated carbocycles. The van der Waals surface area contributed by atoms with Crippen molar-refractivity contribution in [2.75, 3.05) is 5.32 Å². The average Bonchev–Trinajstić information content (AvgIpc) is 2.49. The second-order valence-corrected chi connectivity index (χ2v) is 3.65. The van der Waals surface area contributed by atoms with Gasteiger partial charge in [-0.05, 0) is 25.5 Å². The first-order valence-electron chi connectivity index (χ1n) is 4.85. The summed E-state index contributed by atoms with van der Waals surface area (Å²) < 4.78 is 1.78. The first-order chi connectivity index (χ1) is 7.15. The predicted octanol–water partition coefficient (Wildman–Crippen LogP) is 2.18. The van der Waals surface area contributed by atoms with Gasteiger partial charge in [-0.3, -0.25) is 4.68 Å². The van der Waals surface area contributed by atoms with E-state index in [9.17, 15) is 0 Å². The number of aryl methyl sites for hydroxylation is 3. The Balaban J connectivity index is 2.21. The van der Waals surface area contributed by atoms with Crippen LogP contribution in [0.2, 0.25) is 0 Å². The van der Waals surface area contributed by atoms with Crippen LogP contribution in [0.15, 0.2) is 24.5 Å². The Morgan fingerprint density at radius 2 is 2.07 bits per heavy atom. The number of hydrogen-bond donors (Lipinski definition) is 1. The number of rotatable bonds is 2. The molecule has 4 nitrogen and oxygen atoms in total. The molecule has 0 fully saturated rings. The second-order valence-electron chi connectivity index (χ2n) is 3.65. The fraction of sp³-hybridized carbons (Fsp3) is 0.273. The SMILES string of the molecule is Cc1ccc(Nc2cn(C)nc2C)nc1. The highest BCUT2D eigenvalue weighted by atomic mass is 15.3. The molecule has 78 valence electrons. The minimum Gasteiger partial charge on any atom is -0.337 e. The van der Waals surface area contributed by atoms with E-state index in [1.54, 1.807) is 4.68 Å². The quantitative estimate of drug-likeness (QED) is 0.811. The minimum absolute atomic E-state index is 0.844. The summed E-state index contributed by atoms with van der Waals surface area (Å²) in [5.74, 6) is 0.844. The molecule has 0 aromatic carbocycles. The number of aromatic nitrogens is 3. The molecular weight excluding hydrogens is 188 g/mol. The molecule has 0 amide bonds. The van der Waals surface area contributed by atoms with Crippen molar-refractivity contribution in [2.24, 2.45) is 7.05 Å². The van der Waals surface area contributed by atoms with Gasteiger partial charge >= 0.3 is 0 Å². The topological polar surface area (TPSA) is 42.7 Å². The van der Waals surface area contributed by atoms with Gasteiger partial charge in [0, 0.05) is 19.4 Å². The number of nitrogens with zero attached hydrogens (tertiary/aromatic N) is 3. The summed E-state index contributed by atoms with van der Waals surface area (Å²) >= 11 is 0. The van der Waals surface area contributed by atoms with Crippen molar-refractivity contribution in [1.29, 1.82) is 0 Å². The smallest absolute Gasteiger partial charge is 0.130 e. The maximum atomic E-state index is 4.28. The van der Waals surface area contributed by atoms with Crippen LogP contribution in [0.25, 0.3) is 0 Å². The van der Waals surface area contributed by atoms with Gasteiger partial charge in [-0.2, -0.15) is 5.10 Å². The zero-order valence-electron chi connectivity index (χ0n) is 9.15. The first-order valence-corrected chi connectivity index (χ1v) is 4.85. The molecule has 0 atom stereocenters. The molecule has 2 aromatic heterocycles. The molecular formula is C11H14N4. The number of pyridine rings is 1. The molecule has 0 aliphatic rings. The fourth-order valence-electron chi connectivity index (χ4n) is 1.40. The van der Waals surface area contributed by atoms with Gasteiger partial charge in [0.15, 0.2) is 0 Å². The average molecular weight is 202 g/mol. The van der Waals surface area contributed by atoms with E-state index in [4.69, 9.17) is 0 Å². The third-order valence-electron chi connectivity index (χ3n) is 2.19. The lowest BCUT2D eigenvalue weighted by Crippen LogP contribution is -1.93. The molecule has 2 aromatic rings. The third-order valence-corrected chi connectivity index (χ3v) is 2.19. The van der Waals surface area contributed by atoms with E-state index in [1.807, 2.05) is 45.4 Å². The molecule has 0 radical (unpaired) electrons. The van der Waals surface area contributed by atoms with Crippen molar-refractivity contribution in [2.45, 2.75) is 13.8 Å². The summed E-state index contributed by atoms with van der Waals surface area (Å²) in [7, 11) is 1.90. The van der Waals surface area contributed by atoms with E-state index in [0.717, 1.165) is 22.8 Å². The Morgan fingerprint density at radius 3 is 2.60 bits per heavy atom. The molecule has 0 spiro atoms. The van der Waals surface area contributed by atoms with Crippen molar-refractivity contribution >= 4 is 11.5 Å². The Morgan fingerprint density at radius 1 is 1.27 bits per heavy atom. The van der Waals surface area contributed by atoms with Gasteiger partial charge in [0.05, 0.1) is 11.4 Å². The number of hydrogen-bond acceptors (Lipinski definition) is 3. The molecule has 1 N–H and O–H groups in total. The molecule has 0 unspecified atom stereocenters. The molecule has 0 bridgehead atoms. The van der Waals surface area contributed by atoms with Crippen LogP contribution in [0.3, 0.4) is 0 Å². The summed E-state index contributed by atoms with van der Waals surface area (Å²) in [6, 6.07) is 3.99. The molecule has 0 saturated heterocycles. The third kappa shape index (κ3) is 2.15. The van der Waals surface area contributed by atoms with Gasteiger partial charge in [-0.15, -0.1) is 0 Å². The Hall–Kier alpha value is -1.84. The van der Waals surface area contributed by atoms with Crippen LogP contribution in [0.5, 0.6) is 0 Å². The van der Waals surface area contributed by atoms with Crippen molar-refractivity contribution in [1.82, 2.24) is 14.8 Å². The van der Waals surface area contributed by atoms with Gasteiger partial charge in [-0.1, -0.05) is 6.07 Å². The van der Waals surface area contributed by atoms with E-state index in [2.05, 4.69) is 15.4 Å². The monoisotopic (exact) mass is 202 g/mol. The Bertz CT molecular complexity index is 456. The highest BCUT2D eigenvalue weighted by Gasteiger charge is 2.03. The van der Waals surface area contributed by atoms with Gasteiger partial charge in [0.2, 0.25) is 0 Å². The largest absolute Gasteiger partial charge is 0.337 e. The fourth-order valence-corrected chi connectivity index (χ4v) is 1.40. The molecule has 2 heterocycles. The standard InChI is InChI=1S/C11H14N4/c1-8-4-5-11(12-6-8)13-10-7-15(3)14-9(10)2/h4-7H,1-3H3,(H,12,13). The summed E-state index contributed by atoms with van der Waals surface area (Å²) in [6.07, 6.45) is 3.78. The van der Waals surface area contributed by atoms with Crippen LogP contribution in [0.1, 0.15) is 11.3 Å². The summed E-state index contributed by atoms with van der Waals surface area (Å²) in [5.41, 5.74) is 3.12. The predicted molar refractivity (Wildman–Crippen MR) is 60.2 cm³/mol. The van der Waals surface area contributed by atoms with Gasteiger partial charge in [0.25, 0.3) is 0 Å². The molecule has 2 rings (SSSR count). The second kappa shape index (κ2) is 3.73. The van der Waals surface area contributed by atoms with E-state index >= 15 is 0 Å². The lowest BCUT2D eigenvalue weighted by molar-refractivity contribution is 0.756.